The fourth-order valence-electron chi connectivity index (χ4n) is 2.47. The molecule has 0 spiro atoms. The Bertz CT molecular complexity index is 966. The zero-order chi connectivity index (χ0) is 15.6. The Balaban J connectivity index is 1.81. The largest absolute Gasteiger partial charge is 0.354 e. The molecule has 0 fully saturated rings. The maximum atomic E-state index is 6.00. The minimum Gasteiger partial charge on any atom is -0.354 e. The molecule has 23 heavy (non-hydrogen) atoms. The van der Waals surface area contributed by atoms with Gasteiger partial charge in [-0.1, -0.05) is 17.7 Å². The van der Waals surface area contributed by atoms with Gasteiger partial charge in [0.25, 0.3) is 0 Å². The van der Waals surface area contributed by atoms with E-state index in [0.29, 0.717) is 5.02 Å². The van der Waals surface area contributed by atoms with Crippen LogP contribution in [0.2, 0.25) is 5.02 Å². The summed E-state index contributed by atoms with van der Waals surface area (Å²) in [5, 5.41) is 4.95. The smallest absolute Gasteiger partial charge is 0.0924 e. The van der Waals surface area contributed by atoms with Crippen LogP contribution in [0.25, 0.3) is 22.2 Å². The summed E-state index contributed by atoms with van der Waals surface area (Å²) in [6, 6.07) is 9.86. The highest BCUT2D eigenvalue weighted by atomic mass is 35.5. The third-order valence-corrected chi connectivity index (χ3v) is 3.74. The van der Waals surface area contributed by atoms with Crippen LogP contribution in [0.4, 0.5) is 11.4 Å². The summed E-state index contributed by atoms with van der Waals surface area (Å²) in [6.07, 6.45) is 8.58. The molecule has 0 atom stereocenters. The van der Waals surface area contributed by atoms with E-state index >= 15 is 0 Å². The minimum atomic E-state index is 0.589. The number of fused-ring (bicyclic) bond motifs is 1. The van der Waals surface area contributed by atoms with E-state index in [2.05, 4.69) is 31.3 Å². The van der Waals surface area contributed by atoms with Gasteiger partial charge in [-0.3, -0.25) is 9.97 Å². The van der Waals surface area contributed by atoms with Crippen molar-refractivity contribution in [2.75, 3.05) is 5.32 Å². The first kappa shape index (κ1) is 13.7. The lowest BCUT2D eigenvalue weighted by atomic mass is 10.1. The molecule has 3 aromatic heterocycles. The molecular weight excluding hydrogens is 310 g/mol. The molecule has 0 aliphatic heterocycles. The van der Waals surface area contributed by atoms with Gasteiger partial charge in [-0.05, 0) is 24.3 Å². The van der Waals surface area contributed by atoms with Gasteiger partial charge in [-0.15, -0.1) is 0 Å². The normalized spacial score (nSPS) is 10.8. The number of rotatable bonds is 3. The number of imidazole rings is 1. The fourth-order valence-corrected chi connectivity index (χ4v) is 2.65. The molecular formula is C17H12ClN5. The number of halogens is 1. The Morgan fingerprint density at radius 2 is 1.96 bits per heavy atom. The number of hydrogen-bond acceptors (Lipinski definition) is 4. The molecule has 112 valence electrons. The Morgan fingerprint density at radius 1 is 1.00 bits per heavy atom. The summed E-state index contributed by atoms with van der Waals surface area (Å²) >= 11 is 6.00. The molecule has 5 nitrogen and oxygen atoms in total. The summed E-state index contributed by atoms with van der Waals surface area (Å²) in [7, 11) is 0. The van der Waals surface area contributed by atoms with Crippen molar-refractivity contribution in [3.8, 4) is 11.3 Å². The number of hydrogen-bond donors (Lipinski definition) is 2. The quantitative estimate of drug-likeness (QED) is 0.586. The first-order valence-electron chi connectivity index (χ1n) is 7.05. The van der Waals surface area contributed by atoms with Gasteiger partial charge < -0.3 is 10.3 Å². The van der Waals surface area contributed by atoms with E-state index in [1.807, 2.05) is 24.3 Å². The summed E-state index contributed by atoms with van der Waals surface area (Å²) in [5.41, 5.74) is 4.70. The lowest BCUT2D eigenvalue weighted by Gasteiger charge is -2.10. The average Bonchev–Trinajstić information content (AvgIpc) is 3.09. The maximum absolute atomic E-state index is 6.00. The molecule has 0 amide bonds. The van der Waals surface area contributed by atoms with Crippen LogP contribution in [-0.4, -0.2) is 19.9 Å². The second-order valence-electron chi connectivity index (χ2n) is 5.07. The van der Waals surface area contributed by atoms with Crippen molar-refractivity contribution in [1.82, 2.24) is 19.9 Å². The number of benzene rings is 1. The highest BCUT2D eigenvalue weighted by Gasteiger charge is 2.06. The van der Waals surface area contributed by atoms with Gasteiger partial charge in [0.05, 0.1) is 40.6 Å². The van der Waals surface area contributed by atoms with E-state index in [9.17, 15) is 0 Å². The van der Waals surface area contributed by atoms with Crippen LogP contribution in [0.1, 0.15) is 0 Å². The zero-order valence-corrected chi connectivity index (χ0v) is 12.7. The van der Waals surface area contributed by atoms with Gasteiger partial charge in [-0.25, -0.2) is 4.98 Å². The van der Waals surface area contributed by atoms with Gasteiger partial charge in [-0.2, -0.15) is 0 Å². The van der Waals surface area contributed by atoms with E-state index < -0.39 is 0 Å². The first-order chi connectivity index (χ1) is 11.3. The van der Waals surface area contributed by atoms with Crippen LogP contribution >= 0.6 is 11.6 Å². The Labute approximate surface area is 137 Å². The molecule has 0 saturated carbocycles. The molecule has 0 aliphatic carbocycles. The molecule has 0 bridgehead atoms. The third-order valence-electron chi connectivity index (χ3n) is 3.53. The van der Waals surface area contributed by atoms with Crippen LogP contribution in [0.3, 0.4) is 0 Å². The highest BCUT2D eigenvalue weighted by molar-refractivity contribution is 6.30. The molecule has 0 aliphatic rings. The van der Waals surface area contributed by atoms with Gasteiger partial charge in [0, 0.05) is 29.0 Å². The topological polar surface area (TPSA) is 66.5 Å². The number of pyridine rings is 2. The number of nitrogens with zero attached hydrogens (tertiary/aromatic N) is 3. The van der Waals surface area contributed by atoms with Crippen LogP contribution < -0.4 is 5.32 Å². The molecule has 0 radical (unpaired) electrons. The molecule has 6 heteroatoms. The van der Waals surface area contributed by atoms with Crippen LogP contribution in [-0.2, 0) is 0 Å². The first-order valence-corrected chi connectivity index (χ1v) is 7.42. The Hall–Kier alpha value is -2.92. The van der Waals surface area contributed by atoms with Crippen molar-refractivity contribution < 1.29 is 0 Å². The minimum absolute atomic E-state index is 0.589. The number of aromatic amines is 1. The summed E-state index contributed by atoms with van der Waals surface area (Å²) < 4.78 is 0. The molecule has 3 heterocycles. The van der Waals surface area contributed by atoms with E-state index in [1.54, 1.807) is 31.1 Å². The lowest BCUT2D eigenvalue weighted by Crippen LogP contribution is -1.93. The average molecular weight is 322 g/mol. The predicted molar refractivity (Wildman–Crippen MR) is 91.9 cm³/mol. The van der Waals surface area contributed by atoms with Crippen molar-refractivity contribution in [2.45, 2.75) is 0 Å². The van der Waals surface area contributed by atoms with Crippen LogP contribution in [0.5, 0.6) is 0 Å². The van der Waals surface area contributed by atoms with Crippen LogP contribution in [0, 0.1) is 0 Å². The number of nitrogens with one attached hydrogen (secondary N) is 2. The molecule has 0 saturated heterocycles. The van der Waals surface area contributed by atoms with Gasteiger partial charge in [0.2, 0.25) is 0 Å². The standard InChI is InChI=1S/C17H12ClN5/c18-12-6-13(8-19-7-12)23-16-3-4-21-15-2-1-11(5-14(15)16)17-9-20-10-22-17/h1-10H,(H,20,22)(H,21,23). The number of anilines is 2. The number of H-pyrrole nitrogens is 1. The third kappa shape index (κ3) is 2.74. The van der Waals surface area contributed by atoms with Crippen molar-refractivity contribution in [1.29, 1.82) is 0 Å². The van der Waals surface area contributed by atoms with E-state index in [1.165, 1.54) is 0 Å². The Morgan fingerprint density at radius 3 is 2.78 bits per heavy atom. The second-order valence-corrected chi connectivity index (χ2v) is 5.51. The van der Waals surface area contributed by atoms with Crippen LogP contribution in [0.15, 0.2) is 61.4 Å². The molecule has 1 aromatic carbocycles. The molecule has 2 N–H and O–H groups in total. The summed E-state index contributed by atoms with van der Waals surface area (Å²) in [5.74, 6) is 0. The number of aromatic nitrogens is 4. The van der Waals surface area contributed by atoms with Gasteiger partial charge in [0.15, 0.2) is 0 Å². The molecule has 0 unspecified atom stereocenters. The second kappa shape index (κ2) is 5.70. The molecule has 4 rings (SSSR count). The van der Waals surface area contributed by atoms with Gasteiger partial charge in [0.1, 0.15) is 0 Å². The van der Waals surface area contributed by atoms with E-state index in [0.717, 1.165) is 33.5 Å². The van der Waals surface area contributed by atoms with E-state index in [-0.39, 0.29) is 0 Å². The Kier molecular flexibility index (Phi) is 3.40. The van der Waals surface area contributed by atoms with Crippen molar-refractivity contribution >= 4 is 33.9 Å². The fraction of sp³-hybridized carbons (Fsp3) is 0. The van der Waals surface area contributed by atoms with Gasteiger partial charge >= 0.3 is 0 Å². The monoisotopic (exact) mass is 321 g/mol. The van der Waals surface area contributed by atoms with Crippen molar-refractivity contribution in [2.24, 2.45) is 0 Å². The summed E-state index contributed by atoms with van der Waals surface area (Å²) in [6.45, 7) is 0. The molecule has 4 aromatic rings. The van der Waals surface area contributed by atoms with Crippen molar-refractivity contribution in [3.63, 3.8) is 0 Å². The SMILES string of the molecule is Clc1cncc(Nc2ccnc3ccc(-c4cnc[nH]4)cc23)c1. The van der Waals surface area contributed by atoms with E-state index in [4.69, 9.17) is 11.6 Å². The highest BCUT2D eigenvalue weighted by Crippen LogP contribution is 2.29. The maximum Gasteiger partial charge on any atom is 0.0924 e. The zero-order valence-electron chi connectivity index (χ0n) is 12.0. The predicted octanol–water partition coefficient (Wildman–Crippen LogP) is 4.42. The van der Waals surface area contributed by atoms with Crippen molar-refractivity contribution in [3.05, 3.63) is 66.5 Å². The lowest BCUT2D eigenvalue weighted by molar-refractivity contribution is 1.31. The summed E-state index contributed by atoms with van der Waals surface area (Å²) in [4.78, 5) is 15.7.